The minimum absolute atomic E-state index is 0.0941. The van der Waals surface area contributed by atoms with Gasteiger partial charge >= 0.3 is 6.09 Å². The molecule has 1 amide bonds. The van der Waals surface area contributed by atoms with E-state index in [0.717, 1.165) is 29.7 Å². The van der Waals surface area contributed by atoms with E-state index in [9.17, 15) is 4.79 Å². The Hall–Kier alpha value is -2.56. The average molecular weight is 354 g/mol. The Morgan fingerprint density at radius 2 is 1.73 bits per heavy atom. The van der Waals surface area contributed by atoms with Gasteiger partial charge in [0.2, 0.25) is 0 Å². The third kappa shape index (κ3) is 4.75. The summed E-state index contributed by atoms with van der Waals surface area (Å²) < 4.78 is 11.7. The maximum Gasteiger partial charge on any atom is 0.410 e. The molecule has 1 aromatic heterocycles. The monoisotopic (exact) mass is 354 g/mol. The molecule has 1 aliphatic heterocycles. The van der Waals surface area contributed by atoms with Crippen LogP contribution < -0.4 is 4.74 Å². The lowest BCUT2D eigenvalue weighted by molar-refractivity contribution is 0.0127. The highest BCUT2D eigenvalue weighted by Gasteiger charge is 2.28. The summed E-state index contributed by atoms with van der Waals surface area (Å²) in [6, 6.07) is 12.0. The first-order valence-corrected chi connectivity index (χ1v) is 9.06. The van der Waals surface area contributed by atoms with E-state index in [-0.39, 0.29) is 12.2 Å². The molecule has 1 saturated heterocycles. The number of hydrogen-bond donors (Lipinski definition) is 0. The maximum atomic E-state index is 12.2. The Labute approximate surface area is 155 Å². The fraction of sp³-hybridized carbons (Fsp3) is 0.429. The van der Waals surface area contributed by atoms with Crippen LogP contribution >= 0.6 is 0 Å². The summed E-state index contributed by atoms with van der Waals surface area (Å²) in [5.41, 5.74) is 1.68. The normalized spacial score (nSPS) is 15.6. The zero-order chi connectivity index (χ0) is 18.6. The van der Waals surface area contributed by atoms with Crippen LogP contribution in [0, 0.1) is 0 Å². The van der Waals surface area contributed by atoms with E-state index in [2.05, 4.69) is 11.1 Å². The first kappa shape index (κ1) is 18.2. The second-order valence-electron chi connectivity index (χ2n) is 7.52. The molecule has 0 atom stereocenters. The SMILES string of the molecule is CC(C)(C)OC(=O)N1CCC(Oc2ccccc2-c2ccncc2)CC1. The van der Waals surface area contributed by atoms with Crippen molar-refractivity contribution in [2.45, 2.75) is 45.3 Å². The number of pyridine rings is 1. The molecule has 0 saturated carbocycles. The first-order valence-electron chi connectivity index (χ1n) is 9.06. The molecule has 0 spiro atoms. The number of para-hydroxylation sites is 1. The molecule has 1 aliphatic rings. The summed E-state index contributed by atoms with van der Waals surface area (Å²) in [4.78, 5) is 18.0. The molecule has 0 unspecified atom stereocenters. The molecule has 3 rings (SSSR count). The van der Waals surface area contributed by atoms with E-state index < -0.39 is 5.60 Å². The number of amides is 1. The van der Waals surface area contributed by atoms with Crippen LogP contribution in [-0.4, -0.2) is 40.8 Å². The van der Waals surface area contributed by atoms with Crippen LogP contribution in [0.25, 0.3) is 11.1 Å². The molecular weight excluding hydrogens is 328 g/mol. The minimum Gasteiger partial charge on any atom is -0.490 e. The molecule has 2 aromatic rings. The van der Waals surface area contributed by atoms with Gasteiger partial charge in [0.1, 0.15) is 17.5 Å². The second kappa shape index (κ2) is 7.77. The maximum absolute atomic E-state index is 12.2. The summed E-state index contributed by atoms with van der Waals surface area (Å²) in [6.07, 6.45) is 5.01. The van der Waals surface area contributed by atoms with Crippen LogP contribution in [0.15, 0.2) is 48.8 Å². The van der Waals surface area contributed by atoms with Crippen LogP contribution in [0.3, 0.4) is 0 Å². The number of ether oxygens (including phenoxy) is 2. The van der Waals surface area contributed by atoms with E-state index in [1.54, 1.807) is 17.3 Å². The molecule has 0 aliphatic carbocycles. The zero-order valence-electron chi connectivity index (χ0n) is 15.6. The van der Waals surface area contributed by atoms with Gasteiger partial charge in [0, 0.05) is 43.9 Å². The van der Waals surface area contributed by atoms with Gasteiger partial charge in [-0.3, -0.25) is 4.98 Å². The second-order valence-corrected chi connectivity index (χ2v) is 7.52. The summed E-state index contributed by atoms with van der Waals surface area (Å²) in [5.74, 6) is 0.870. The van der Waals surface area contributed by atoms with Crippen LogP contribution in [0.1, 0.15) is 33.6 Å². The van der Waals surface area contributed by atoms with Crippen molar-refractivity contribution >= 4 is 6.09 Å². The summed E-state index contributed by atoms with van der Waals surface area (Å²) in [5, 5.41) is 0. The van der Waals surface area contributed by atoms with Crippen LogP contribution in [0.5, 0.6) is 5.75 Å². The Morgan fingerprint density at radius 1 is 1.08 bits per heavy atom. The number of carbonyl (C=O) groups is 1. The lowest BCUT2D eigenvalue weighted by Crippen LogP contribution is -2.44. The number of nitrogens with zero attached hydrogens (tertiary/aromatic N) is 2. The fourth-order valence-electron chi connectivity index (χ4n) is 3.00. The van der Waals surface area contributed by atoms with Crippen LogP contribution in [-0.2, 0) is 4.74 Å². The minimum atomic E-state index is -0.464. The number of benzene rings is 1. The third-order valence-corrected chi connectivity index (χ3v) is 4.27. The predicted octanol–water partition coefficient (Wildman–Crippen LogP) is 4.53. The number of likely N-dealkylation sites (tertiary alicyclic amines) is 1. The molecule has 0 bridgehead atoms. The molecule has 138 valence electrons. The fourth-order valence-corrected chi connectivity index (χ4v) is 3.00. The van der Waals surface area contributed by atoms with E-state index in [4.69, 9.17) is 9.47 Å². The van der Waals surface area contributed by atoms with Gasteiger partial charge in [-0.2, -0.15) is 0 Å². The average Bonchev–Trinajstić information content (AvgIpc) is 2.62. The zero-order valence-corrected chi connectivity index (χ0v) is 15.6. The van der Waals surface area contributed by atoms with Gasteiger partial charge < -0.3 is 14.4 Å². The van der Waals surface area contributed by atoms with Gasteiger partial charge in [-0.05, 0) is 44.5 Å². The molecule has 0 radical (unpaired) electrons. The van der Waals surface area contributed by atoms with Crippen molar-refractivity contribution in [1.82, 2.24) is 9.88 Å². The van der Waals surface area contributed by atoms with Crippen LogP contribution in [0.4, 0.5) is 4.79 Å². The van der Waals surface area contributed by atoms with Crippen molar-refractivity contribution in [3.8, 4) is 16.9 Å². The predicted molar refractivity (Wildman–Crippen MR) is 101 cm³/mol. The largest absolute Gasteiger partial charge is 0.490 e. The van der Waals surface area contributed by atoms with Crippen molar-refractivity contribution in [1.29, 1.82) is 0 Å². The number of hydrogen-bond acceptors (Lipinski definition) is 4. The van der Waals surface area contributed by atoms with E-state index in [0.29, 0.717) is 13.1 Å². The Bertz CT molecular complexity index is 732. The Kier molecular flexibility index (Phi) is 5.45. The summed E-state index contributed by atoms with van der Waals surface area (Å²) >= 11 is 0. The Balaban J connectivity index is 1.62. The van der Waals surface area contributed by atoms with E-state index >= 15 is 0 Å². The molecule has 1 fully saturated rings. The Morgan fingerprint density at radius 3 is 2.38 bits per heavy atom. The highest BCUT2D eigenvalue weighted by Crippen LogP contribution is 2.31. The van der Waals surface area contributed by atoms with Crippen molar-refractivity contribution in [2.75, 3.05) is 13.1 Å². The van der Waals surface area contributed by atoms with Gasteiger partial charge in [-0.1, -0.05) is 18.2 Å². The number of piperidine rings is 1. The standard InChI is InChI=1S/C21H26N2O3/c1-21(2,3)26-20(24)23-14-10-17(11-15-23)25-19-7-5-4-6-18(19)16-8-12-22-13-9-16/h4-9,12-13,17H,10-11,14-15H2,1-3H3. The van der Waals surface area contributed by atoms with Crippen molar-refractivity contribution in [3.05, 3.63) is 48.8 Å². The molecule has 5 nitrogen and oxygen atoms in total. The number of aromatic nitrogens is 1. The van der Waals surface area contributed by atoms with Crippen LogP contribution in [0.2, 0.25) is 0 Å². The highest BCUT2D eigenvalue weighted by molar-refractivity contribution is 5.70. The van der Waals surface area contributed by atoms with Gasteiger partial charge in [0.25, 0.3) is 0 Å². The number of carbonyl (C=O) groups excluding carboxylic acids is 1. The molecule has 26 heavy (non-hydrogen) atoms. The third-order valence-electron chi connectivity index (χ3n) is 4.27. The molecule has 0 N–H and O–H groups in total. The van der Waals surface area contributed by atoms with Gasteiger partial charge in [-0.15, -0.1) is 0 Å². The molecule has 2 heterocycles. The lowest BCUT2D eigenvalue weighted by Gasteiger charge is -2.33. The summed E-state index contributed by atoms with van der Waals surface area (Å²) in [6.45, 7) is 6.96. The molecule has 5 heteroatoms. The quantitative estimate of drug-likeness (QED) is 0.813. The number of rotatable bonds is 3. The van der Waals surface area contributed by atoms with Gasteiger partial charge in [0.05, 0.1) is 0 Å². The van der Waals surface area contributed by atoms with Crippen molar-refractivity contribution in [2.24, 2.45) is 0 Å². The van der Waals surface area contributed by atoms with Gasteiger partial charge in [0.15, 0.2) is 0 Å². The first-order chi connectivity index (χ1) is 12.4. The smallest absolute Gasteiger partial charge is 0.410 e. The van der Waals surface area contributed by atoms with E-state index in [1.165, 1.54) is 0 Å². The topological polar surface area (TPSA) is 51.7 Å². The lowest BCUT2D eigenvalue weighted by atomic mass is 10.0. The van der Waals surface area contributed by atoms with E-state index in [1.807, 2.05) is 51.1 Å². The molecule has 1 aromatic carbocycles. The van der Waals surface area contributed by atoms with Gasteiger partial charge in [-0.25, -0.2) is 4.79 Å². The van der Waals surface area contributed by atoms with Crippen molar-refractivity contribution in [3.63, 3.8) is 0 Å². The highest BCUT2D eigenvalue weighted by atomic mass is 16.6. The van der Waals surface area contributed by atoms with Crippen molar-refractivity contribution < 1.29 is 14.3 Å². The summed E-state index contributed by atoms with van der Waals surface area (Å²) in [7, 11) is 0. The molecular formula is C21H26N2O3.